The minimum Gasteiger partial charge on any atom is -0.497 e. The van der Waals surface area contributed by atoms with Crippen molar-refractivity contribution < 1.29 is 27.4 Å². The zero-order chi connectivity index (χ0) is 22.1. The molecule has 2 aromatic rings. The average molecular weight is 436 g/mol. The summed E-state index contributed by atoms with van der Waals surface area (Å²) in [6.07, 6.45) is 1.43. The molecule has 0 radical (unpaired) electrons. The number of nitrogens with zero attached hydrogens (tertiary/aromatic N) is 2. The molecule has 0 fully saturated rings. The van der Waals surface area contributed by atoms with Gasteiger partial charge in [-0.15, -0.1) is 0 Å². The molecule has 0 atom stereocenters. The monoisotopic (exact) mass is 435 g/mol. The van der Waals surface area contributed by atoms with Crippen LogP contribution < -0.4 is 19.6 Å². The normalized spacial score (nSPS) is 11.5. The van der Waals surface area contributed by atoms with Crippen LogP contribution in [0.15, 0.2) is 52.5 Å². The number of hydrazone groups is 1. The molecule has 0 heterocycles. The zero-order valence-electron chi connectivity index (χ0n) is 17.3. The molecule has 162 valence electrons. The SMILES string of the molecule is CCOc1ccccc1/C=N\NC(=O)CN(C)S(=O)(=O)c1cc(OC)ccc1OC. The van der Waals surface area contributed by atoms with Gasteiger partial charge in [0.05, 0.1) is 33.6 Å². The van der Waals surface area contributed by atoms with E-state index in [1.165, 1.54) is 39.6 Å². The Kier molecular flexibility index (Phi) is 8.19. The number of carbonyl (C=O) groups excluding carboxylic acids is 1. The lowest BCUT2D eigenvalue weighted by Crippen LogP contribution is -2.36. The van der Waals surface area contributed by atoms with Crippen LogP contribution in [0.1, 0.15) is 12.5 Å². The first kappa shape index (κ1) is 23.2. The summed E-state index contributed by atoms with van der Waals surface area (Å²) in [5, 5.41) is 3.88. The molecule has 1 N–H and O–H groups in total. The van der Waals surface area contributed by atoms with Crippen molar-refractivity contribution in [1.82, 2.24) is 9.73 Å². The van der Waals surface area contributed by atoms with Crippen LogP contribution in [-0.2, 0) is 14.8 Å². The van der Waals surface area contributed by atoms with Gasteiger partial charge in [-0.3, -0.25) is 4.79 Å². The highest BCUT2D eigenvalue weighted by molar-refractivity contribution is 7.89. The molecule has 30 heavy (non-hydrogen) atoms. The van der Waals surface area contributed by atoms with E-state index in [0.29, 0.717) is 23.7 Å². The smallest absolute Gasteiger partial charge is 0.255 e. The van der Waals surface area contributed by atoms with Crippen molar-refractivity contribution in [3.8, 4) is 17.2 Å². The predicted molar refractivity (Wildman–Crippen MR) is 113 cm³/mol. The second-order valence-corrected chi connectivity index (χ2v) is 8.06. The molecule has 0 spiro atoms. The van der Waals surface area contributed by atoms with Crippen LogP contribution in [-0.4, -0.2) is 59.3 Å². The van der Waals surface area contributed by atoms with Crippen molar-refractivity contribution in [2.45, 2.75) is 11.8 Å². The highest BCUT2D eigenvalue weighted by atomic mass is 32.2. The number of amides is 1. The predicted octanol–water partition coefficient (Wildman–Crippen LogP) is 1.87. The van der Waals surface area contributed by atoms with Crippen molar-refractivity contribution in [2.24, 2.45) is 5.10 Å². The first-order valence-electron chi connectivity index (χ1n) is 9.05. The van der Waals surface area contributed by atoms with E-state index in [2.05, 4.69) is 10.5 Å². The molecule has 0 aliphatic heterocycles. The summed E-state index contributed by atoms with van der Waals surface area (Å²) in [5.41, 5.74) is 3.00. The average Bonchev–Trinajstić information content (AvgIpc) is 2.74. The van der Waals surface area contributed by atoms with E-state index in [0.717, 1.165) is 4.31 Å². The Balaban J connectivity index is 2.08. The Morgan fingerprint density at radius 2 is 1.87 bits per heavy atom. The van der Waals surface area contributed by atoms with Gasteiger partial charge >= 0.3 is 0 Å². The van der Waals surface area contributed by atoms with E-state index in [1.807, 2.05) is 19.1 Å². The maximum absolute atomic E-state index is 12.9. The van der Waals surface area contributed by atoms with Gasteiger partial charge in [0.1, 0.15) is 22.1 Å². The van der Waals surface area contributed by atoms with Gasteiger partial charge in [-0.2, -0.15) is 9.41 Å². The standard InChI is InChI=1S/C20H25N3O6S/c1-5-29-17-9-7-6-8-15(17)13-21-22-20(24)14-23(2)30(25,26)19-12-16(27-3)10-11-18(19)28-4/h6-13H,5,14H2,1-4H3,(H,22,24)/b21-13-. The number of likely N-dealkylation sites (N-methyl/N-ethyl adjacent to an activating group) is 1. The van der Waals surface area contributed by atoms with Crippen LogP contribution in [0.5, 0.6) is 17.2 Å². The highest BCUT2D eigenvalue weighted by Gasteiger charge is 2.27. The number of para-hydroxylation sites is 1. The number of hydrogen-bond acceptors (Lipinski definition) is 7. The van der Waals surface area contributed by atoms with Crippen LogP contribution in [0.4, 0.5) is 0 Å². The summed E-state index contributed by atoms with van der Waals surface area (Å²) in [7, 11) is 0.0796. The fourth-order valence-corrected chi connectivity index (χ4v) is 3.82. The number of nitrogens with one attached hydrogen (secondary N) is 1. The molecule has 1 amide bonds. The van der Waals surface area contributed by atoms with Gasteiger partial charge in [0.15, 0.2) is 0 Å². The molecule has 2 aromatic carbocycles. The number of rotatable bonds is 10. The van der Waals surface area contributed by atoms with E-state index < -0.39 is 22.5 Å². The fraction of sp³-hybridized carbons (Fsp3) is 0.300. The summed E-state index contributed by atoms with van der Waals surface area (Å²) >= 11 is 0. The Labute approximate surface area is 176 Å². The van der Waals surface area contributed by atoms with E-state index in [-0.39, 0.29) is 10.6 Å². The van der Waals surface area contributed by atoms with Crippen LogP contribution in [0, 0.1) is 0 Å². The molecule has 0 aliphatic carbocycles. The van der Waals surface area contributed by atoms with Crippen LogP contribution in [0.3, 0.4) is 0 Å². The second-order valence-electron chi connectivity index (χ2n) is 6.04. The molecule has 9 nitrogen and oxygen atoms in total. The minimum atomic E-state index is -4.01. The molecular formula is C20H25N3O6S. The van der Waals surface area contributed by atoms with Crippen molar-refractivity contribution in [1.29, 1.82) is 0 Å². The molecule has 0 unspecified atom stereocenters. The van der Waals surface area contributed by atoms with Gasteiger partial charge in [-0.1, -0.05) is 12.1 Å². The lowest BCUT2D eigenvalue weighted by molar-refractivity contribution is -0.121. The second kappa shape index (κ2) is 10.6. The molecular weight excluding hydrogens is 410 g/mol. The largest absolute Gasteiger partial charge is 0.497 e. The highest BCUT2D eigenvalue weighted by Crippen LogP contribution is 2.30. The molecule has 0 aliphatic rings. The molecule has 10 heteroatoms. The van der Waals surface area contributed by atoms with Gasteiger partial charge in [0.2, 0.25) is 10.0 Å². The van der Waals surface area contributed by atoms with Crippen molar-refractivity contribution in [3.05, 3.63) is 48.0 Å². The van der Waals surface area contributed by atoms with Gasteiger partial charge in [-0.25, -0.2) is 13.8 Å². The Bertz CT molecular complexity index is 1010. The number of benzene rings is 2. The quantitative estimate of drug-likeness (QED) is 0.451. The molecule has 0 saturated carbocycles. The van der Waals surface area contributed by atoms with Crippen molar-refractivity contribution in [3.63, 3.8) is 0 Å². The molecule has 2 rings (SSSR count). The maximum atomic E-state index is 12.9. The lowest BCUT2D eigenvalue weighted by atomic mass is 10.2. The third-order valence-corrected chi connectivity index (χ3v) is 5.86. The van der Waals surface area contributed by atoms with E-state index in [9.17, 15) is 13.2 Å². The van der Waals surface area contributed by atoms with E-state index in [1.54, 1.807) is 18.2 Å². The van der Waals surface area contributed by atoms with Crippen molar-refractivity contribution >= 4 is 22.1 Å². The summed E-state index contributed by atoms with van der Waals surface area (Å²) in [5.74, 6) is 0.522. The third kappa shape index (κ3) is 5.71. The fourth-order valence-electron chi connectivity index (χ4n) is 2.52. The summed E-state index contributed by atoms with van der Waals surface area (Å²) in [6.45, 7) is 1.92. The van der Waals surface area contributed by atoms with E-state index >= 15 is 0 Å². The summed E-state index contributed by atoms with van der Waals surface area (Å²) < 4.78 is 42.4. The number of ether oxygens (including phenoxy) is 3. The van der Waals surface area contributed by atoms with Crippen LogP contribution in [0.25, 0.3) is 0 Å². The maximum Gasteiger partial charge on any atom is 0.255 e. The first-order valence-corrected chi connectivity index (χ1v) is 10.5. The molecule has 0 saturated heterocycles. The minimum absolute atomic E-state index is 0.103. The Morgan fingerprint density at radius 3 is 2.53 bits per heavy atom. The van der Waals surface area contributed by atoms with Gasteiger partial charge in [0.25, 0.3) is 5.91 Å². The van der Waals surface area contributed by atoms with Crippen LogP contribution >= 0.6 is 0 Å². The molecule has 0 bridgehead atoms. The number of sulfonamides is 1. The summed E-state index contributed by atoms with van der Waals surface area (Å²) in [4.78, 5) is 12.1. The van der Waals surface area contributed by atoms with Gasteiger partial charge in [-0.05, 0) is 31.2 Å². The van der Waals surface area contributed by atoms with Gasteiger partial charge in [0, 0.05) is 18.7 Å². The topological polar surface area (TPSA) is 107 Å². The zero-order valence-corrected chi connectivity index (χ0v) is 18.1. The lowest BCUT2D eigenvalue weighted by Gasteiger charge is -2.18. The number of carbonyl (C=O) groups is 1. The Morgan fingerprint density at radius 1 is 1.13 bits per heavy atom. The van der Waals surface area contributed by atoms with Crippen molar-refractivity contribution in [2.75, 3.05) is 34.4 Å². The summed E-state index contributed by atoms with van der Waals surface area (Å²) in [6, 6.07) is 11.6. The Hall–Kier alpha value is -3.11. The third-order valence-electron chi connectivity index (χ3n) is 4.04. The van der Waals surface area contributed by atoms with Crippen LogP contribution in [0.2, 0.25) is 0 Å². The number of methoxy groups -OCH3 is 2. The molecule has 0 aromatic heterocycles. The first-order chi connectivity index (χ1) is 14.3. The van der Waals surface area contributed by atoms with E-state index in [4.69, 9.17) is 14.2 Å². The van der Waals surface area contributed by atoms with Gasteiger partial charge < -0.3 is 14.2 Å². The number of hydrogen-bond donors (Lipinski definition) is 1.